The molecule has 1 aliphatic rings. The number of hydrogen-bond acceptors (Lipinski definition) is 4. The molecule has 118 valence electrons. The van der Waals surface area contributed by atoms with E-state index in [2.05, 4.69) is 5.32 Å². The molecule has 0 bridgehead atoms. The lowest BCUT2D eigenvalue weighted by Crippen LogP contribution is -2.57. The summed E-state index contributed by atoms with van der Waals surface area (Å²) >= 11 is 0. The van der Waals surface area contributed by atoms with E-state index in [1.807, 2.05) is 31.2 Å². The van der Waals surface area contributed by atoms with E-state index in [4.69, 9.17) is 15.2 Å². The summed E-state index contributed by atoms with van der Waals surface area (Å²) in [5, 5.41) is 2.83. The van der Waals surface area contributed by atoms with Gasteiger partial charge >= 0.3 is 0 Å². The van der Waals surface area contributed by atoms with Crippen LogP contribution in [0.1, 0.15) is 18.4 Å². The first-order valence-corrected chi connectivity index (χ1v) is 6.94. The Balaban J connectivity index is 0.00000220. The summed E-state index contributed by atoms with van der Waals surface area (Å²) < 4.78 is 10.8. The van der Waals surface area contributed by atoms with E-state index in [0.29, 0.717) is 39.2 Å². The van der Waals surface area contributed by atoms with Crippen LogP contribution in [0, 0.1) is 6.92 Å². The van der Waals surface area contributed by atoms with Crippen LogP contribution in [0.4, 0.5) is 0 Å². The average Bonchev–Trinajstić information content (AvgIpc) is 2.46. The normalized spacial score (nSPS) is 16.7. The number of carbonyl (C=O) groups excluding carboxylic acids is 1. The van der Waals surface area contributed by atoms with Gasteiger partial charge in [0, 0.05) is 13.2 Å². The van der Waals surface area contributed by atoms with Crippen molar-refractivity contribution in [3.63, 3.8) is 0 Å². The van der Waals surface area contributed by atoms with Crippen LogP contribution in [0.5, 0.6) is 5.75 Å². The maximum absolute atomic E-state index is 12.0. The third-order valence-electron chi connectivity index (χ3n) is 3.51. The fourth-order valence-electron chi connectivity index (χ4n) is 2.11. The second kappa shape index (κ2) is 8.22. The van der Waals surface area contributed by atoms with Gasteiger partial charge in [-0.05, 0) is 31.9 Å². The van der Waals surface area contributed by atoms with Crippen LogP contribution in [0.25, 0.3) is 0 Å². The van der Waals surface area contributed by atoms with Crippen molar-refractivity contribution in [2.45, 2.75) is 25.3 Å². The van der Waals surface area contributed by atoms with Gasteiger partial charge in [0.2, 0.25) is 5.91 Å². The molecule has 0 unspecified atom stereocenters. The molecule has 21 heavy (non-hydrogen) atoms. The Bertz CT molecular complexity index is 445. The molecule has 1 aromatic rings. The minimum Gasteiger partial charge on any atom is -0.492 e. The van der Waals surface area contributed by atoms with Crippen molar-refractivity contribution in [2.75, 3.05) is 26.4 Å². The largest absolute Gasteiger partial charge is 0.492 e. The van der Waals surface area contributed by atoms with Gasteiger partial charge in [0.05, 0.1) is 12.1 Å². The lowest BCUT2D eigenvalue weighted by Gasteiger charge is -2.31. The molecule has 0 radical (unpaired) electrons. The van der Waals surface area contributed by atoms with Gasteiger partial charge < -0.3 is 20.5 Å². The molecule has 2 rings (SSSR count). The summed E-state index contributed by atoms with van der Waals surface area (Å²) in [5.41, 5.74) is 6.48. The summed E-state index contributed by atoms with van der Waals surface area (Å²) in [4.78, 5) is 12.0. The molecule has 0 atom stereocenters. The Labute approximate surface area is 131 Å². The first-order valence-electron chi connectivity index (χ1n) is 6.94. The number of aryl methyl sites for hydroxylation is 1. The van der Waals surface area contributed by atoms with Gasteiger partial charge in [-0.25, -0.2) is 0 Å². The molecule has 1 amide bonds. The molecule has 6 heteroatoms. The van der Waals surface area contributed by atoms with Crippen molar-refractivity contribution >= 4 is 18.3 Å². The number of halogens is 1. The summed E-state index contributed by atoms with van der Waals surface area (Å²) in [6.45, 7) is 4.00. The maximum Gasteiger partial charge on any atom is 0.240 e. The van der Waals surface area contributed by atoms with Crippen molar-refractivity contribution in [1.82, 2.24) is 5.32 Å². The number of nitrogens with one attached hydrogen (secondary N) is 1. The maximum atomic E-state index is 12.0. The summed E-state index contributed by atoms with van der Waals surface area (Å²) in [6.07, 6.45) is 1.13. The van der Waals surface area contributed by atoms with Crippen LogP contribution in [0.15, 0.2) is 24.3 Å². The zero-order valence-electron chi connectivity index (χ0n) is 12.3. The monoisotopic (exact) mass is 314 g/mol. The number of ether oxygens (including phenoxy) is 2. The zero-order chi connectivity index (χ0) is 14.4. The number of amides is 1. The smallest absolute Gasteiger partial charge is 0.240 e. The fraction of sp³-hybridized carbons (Fsp3) is 0.533. The molecule has 0 aromatic heterocycles. The summed E-state index contributed by atoms with van der Waals surface area (Å²) in [6, 6.07) is 7.82. The lowest BCUT2D eigenvalue weighted by atomic mass is 9.90. The molecule has 1 saturated heterocycles. The summed E-state index contributed by atoms with van der Waals surface area (Å²) in [5.74, 6) is 0.687. The predicted octanol–water partition coefficient (Wildman–Crippen LogP) is 1.42. The molecule has 0 aliphatic carbocycles. The minimum absolute atomic E-state index is 0. The average molecular weight is 315 g/mol. The van der Waals surface area contributed by atoms with Crippen LogP contribution in [-0.2, 0) is 9.53 Å². The van der Waals surface area contributed by atoms with Crippen molar-refractivity contribution in [3.8, 4) is 5.75 Å². The minimum atomic E-state index is -0.790. The number of nitrogens with two attached hydrogens (primary N) is 1. The topological polar surface area (TPSA) is 73.6 Å². The highest BCUT2D eigenvalue weighted by atomic mass is 35.5. The number of carbonyl (C=O) groups is 1. The van der Waals surface area contributed by atoms with Gasteiger partial charge in [-0.1, -0.05) is 17.7 Å². The Morgan fingerprint density at radius 1 is 1.33 bits per heavy atom. The molecule has 3 N–H and O–H groups in total. The van der Waals surface area contributed by atoms with Gasteiger partial charge in [0.15, 0.2) is 0 Å². The lowest BCUT2D eigenvalue weighted by molar-refractivity contribution is -0.129. The van der Waals surface area contributed by atoms with Gasteiger partial charge in [-0.3, -0.25) is 4.79 Å². The van der Waals surface area contributed by atoms with Crippen LogP contribution >= 0.6 is 12.4 Å². The molecule has 1 aliphatic heterocycles. The highest BCUT2D eigenvalue weighted by molar-refractivity contribution is 5.86. The molecular weight excluding hydrogens is 292 g/mol. The second-order valence-corrected chi connectivity index (χ2v) is 5.19. The van der Waals surface area contributed by atoms with Crippen molar-refractivity contribution in [2.24, 2.45) is 5.73 Å². The van der Waals surface area contributed by atoms with Gasteiger partial charge in [-0.2, -0.15) is 0 Å². The first kappa shape index (κ1) is 17.8. The zero-order valence-corrected chi connectivity index (χ0v) is 13.1. The third kappa shape index (κ3) is 5.19. The summed E-state index contributed by atoms with van der Waals surface area (Å²) in [7, 11) is 0. The quantitative estimate of drug-likeness (QED) is 0.806. The number of hydrogen-bond donors (Lipinski definition) is 2. The van der Waals surface area contributed by atoms with E-state index in [1.54, 1.807) is 0 Å². The Kier molecular flexibility index (Phi) is 6.95. The van der Waals surface area contributed by atoms with Gasteiger partial charge in [0.1, 0.15) is 12.4 Å². The van der Waals surface area contributed by atoms with Crippen molar-refractivity contribution in [1.29, 1.82) is 0 Å². The molecular formula is C15H23ClN2O3. The van der Waals surface area contributed by atoms with Crippen LogP contribution in [0.2, 0.25) is 0 Å². The fourth-order valence-corrected chi connectivity index (χ4v) is 2.11. The third-order valence-corrected chi connectivity index (χ3v) is 3.51. The highest BCUT2D eigenvalue weighted by Gasteiger charge is 2.35. The number of benzene rings is 1. The van der Waals surface area contributed by atoms with Crippen molar-refractivity contribution in [3.05, 3.63) is 29.8 Å². The van der Waals surface area contributed by atoms with E-state index >= 15 is 0 Å². The van der Waals surface area contributed by atoms with E-state index in [9.17, 15) is 4.79 Å². The SMILES string of the molecule is Cc1ccc(OCCNC(=O)C2(N)CCOCC2)cc1.Cl. The van der Waals surface area contributed by atoms with E-state index in [1.165, 1.54) is 5.56 Å². The molecule has 1 aromatic carbocycles. The van der Waals surface area contributed by atoms with Crippen LogP contribution < -0.4 is 15.8 Å². The highest BCUT2D eigenvalue weighted by Crippen LogP contribution is 2.17. The van der Waals surface area contributed by atoms with Crippen molar-refractivity contribution < 1.29 is 14.3 Å². The van der Waals surface area contributed by atoms with Gasteiger partial charge in [0.25, 0.3) is 0 Å². The van der Waals surface area contributed by atoms with E-state index in [-0.39, 0.29) is 18.3 Å². The number of rotatable bonds is 5. The Morgan fingerprint density at radius 3 is 2.57 bits per heavy atom. The molecule has 1 heterocycles. The van der Waals surface area contributed by atoms with Crippen LogP contribution in [-0.4, -0.2) is 37.8 Å². The molecule has 1 fully saturated rings. The van der Waals surface area contributed by atoms with Crippen LogP contribution in [0.3, 0.4) is 0 Å². The first-order chi connectivity index (χ1) is 9.60. The Morgan fingerprint density at radius 2 is 1.95 bits per heavy atom. The molecule has 0 saturated carbocycles. The standard InChI is InChI=1S/C15H22N2O3.ClH/c1-12-2-4-13(5-3-12)20-11-8-17-14(18)15(16)6-9-19-10-7-15;/h2-5H,6-11,16H2,1H3,(H,17,18);1H. The van der Waals surface area contributed by atoms with Gasteiger partial charge in [-0.15, -0.1) is 12.4 Å². The van der Waals surface area contributed by atoms with E-state index < -0.39 is 5.54 Å². The molecule has 5 nitrogen and oxygen atoms in total. The predicted molar refractivity (Wildman–Crippen MR) is 83.9 cm³/mol. The van der Waals surface area contributed by atoms with E-state index in [0.717, 1.165) is 5.75 Å². The molecule has 0 spiro atoms. The Hall–Kier alpha value is -1.30. The second-order valence-electron chi connectivity index (χ2n) is 5.19.